The summed E-state index contributed by atoms with van der Waals surface area (Å²) in [6.45, 7) is 1.95. The molecule has 3 aromatic rings. The second kappa shape index (κ2) is 9.20. The highest BCUT2D eigenvalue weighted by Crippen LogP contribution is 2.17. The smallest absolute Gasteiger partial charge is 0.257 e. The van der Waals surface area contributed by atoms with Crippen molar-refractivity contribution in [3.63, 3.8) is 0 Å². The Balaban J connectivity index is 1.50. The van der Waals surface area contributed by atoms with E-state index in [2.05, 4.69) is 26.0 Å². The van der Waals surface area contributed by atoms with E-state index in [9.17, 15) is 9.59 Å². The van der Waals surface area contributed by atoms with Crippen molar-refractivity contribution in [1.29, 1.82) is 0 Å². The van der Waals surface area contributed by atoms with Crippen LogP contribution in [0.3, 0.4) is 0 Å². The third-order valence-corrected chi connectivity index (χ3v) is 4.68. The Hall–Kier alpha value is -3.10. The van der Waals surface area contributed by atoms with Crippen LogP contribution in [0.2, 0.25) is 5.02 Å². The molecule has 0 fully saturated rings. The maximum Gasteiger partial charge on any atom is 0.257 e. The number of nitrogens with one attached hydrogen (secondary N) is 2. The second-order valence-corrected chi connectivity index (χ2v) is 7.34. The molecule has 0 saturated heterocycles. The van der Waals surface area contributed by atoms with Crippen LogP contribution in [0, 0.1) is 6.92 Å². The first-order valence-electron chi connectivity index (χ1n) is 8.27. The van der Waals surface area contributed by atoms with E-state index in [0.29, 0.717) is 20.7 Å². The van der Waals surface area contributed by atoms with Crippen LogP contribution in [0.25, 0.3) is 0 Å². The van der Waals surface area contributed by atoms with E-state index in [0.717, 1.165) is 22.5 Å². The molecule has 9 heteroatoms. The summed E-state index contributed by atoms with van der Waals surface area (Å²) in [7, 11) is 0. The first-order valence-corrected chi connectivity index (χ1v) is 9.47. The molecule has 0 saturated carbocycles. The van der Waals surface area contributed by atoms with Gasteiger partial charge in [-0.15, -0.1) is 10.2 Å². The fraction of sp³-hybridized carbons (Fsp3) is 0.105. The van der Waals surface area contributed by atoms with Crippen LogP contribution in [0.4, 0.5) is 5.13 Å². The van der Waals surface area contributed by atoms with Gasteiger partial charge in [0.2, 0.25) is 11.0 Å². The van der Waals surface area contributed by atoms with Gasteiger partial charge in [-0.25, -0.2) is 5.43 Å². The van der Waals surface area contributed by atoms with Crippen LogP contribution in [-0.2, 0) is 11.2 Å². The maximum atomic E-state index is 12.2. The number of hydrogen-bond acceptors (Lipinski definition) is 6. The third-order valence-electron chi connectivity index (χ3n) is 3.59. The number of nitrogens with zero attached hydrogens (tertiary/aromatic N) is 3. The van der Waals surface area contributed by atoms with Gasteiger partial charge < -0.3 is 0 Å². The van der Waals surface area contributed by atoms with Gasteiger partial charge in [0.25, 0.3) is 5.91 Å². The molecule has 2 N–H and O–H groups in total. The molecule has 28 heavy (non-hydrogen) atoms. The van der Waals surface area contributed by atoms with Crippen LogP contribution in [0.5, 0.6) is 0 Å². The largest absolute Gasteiger partial charge is 0.296 e. The highest BCUT2D eigenvalue weighted by Gasteiger charge is 2.12. The summed E-state index contributed by atoms with van der Waals surface area (Å²) in [4.78, 5) is 24.1. The molecule has 2 aromatic carbocycles. The summed E-state index contributed by atoms with van der Waals surface area (Å²) in [5.74, 6) is -0.613. The second-order valence-electron chi connectivity index (χ2n) is 5.84. The molecule has 1 heterocycles. The minimum absolute atomic E-state index is 0.00995. The first-order chi connectivity index (χ1) is 13.5. The zero-order valence-electron chi connectivity index (χ0n) is 14.8. The van der Waals surface area contributed by atoms with Gasteiger partial charge >= 0.3 is 0 Å². The minimum Gasteiger partial charge on any atom is -0.296 e. The molecular weight excluding hydrogens is 398 g/mol. The molecule has 0 aliphatic heterocycles. The predicted octanol–water partition coefficient (Wildman–Crippen LogP) is 3.45. The van der Waals surface area contributed by atoms with Crippen molar-refractivity contribution in [3.05, 3.63) is 75.3 Å². The maximum absolute atomic E-state index is 12.2. The average Bonchev–Trinajstić information content (AvgIpc) is 3.10. The molecule has 0 bridgehead atoms. The molecule has 0 aliphatic rings. The van der Waals surface area contributed by atoms with Gasteiger partial charge in [-0.05, 0) is 36.8 Å². The molecule has 0 aliphatic carbocycles. The monoisotopic (exact) mass is 413 g/mol. The number of carbonyl (C=O) groups excluding carboxylic acids is 2. The van der Waals surface area contributed by atoms with Gasteiger partial charge in [0, 0.05) is 10.6 Å². The van der Waals surface area contributed by atoms with Gasteiger partial charge in [0.05, 0.1) is 12.6 Å². The Labute approximate surface area is 170 Å². The number of carbonyl (C=O) groups is 2. The summed E-state index contributed by atoms with van der Waals surface area (Å²) in [5, 5.41) is 15.8. The Kier molecular flexibility index (Phi) is 6.46. The number of halogens is 1. The Morgan fingerprint density at radius 1 is 1.11 bits per heavy atom. The summed E-state index contributed by atoms with van der Waals surface area (Å²) in [6, 6.07) is 14.2. The highest BCUT2D eigenvalue weighted by atomic mass is 35.5. The fourth-order valence-corrected chi connectivity index (χ4v) is 3.01. The Morgan fingerprint density at radius 3 is 2.54 bits per heavy atom. The molecule has 0 unspecified atom stereocenters. The molecule has 0 radical (unpaired) electrons. The van der Waals surface area contributed by atoms with Gasteiger partial charge in [-0.1, -0.05) is 52.8 Å². The summed E-state index contributed by atoms with van der Waals surface area (Å²) in [6.07, 6.45) is 1.53. The predicted molar refractivity (Wildman–Crippen MR) is 110 cm³/mol. The van der Waals surface area contributed by atoms with Crippen LogP contribution in [-0.4, -0.2) is 28.2 Å². The quantitative estimate of drug-likeness (QED) is 0.477. The molecule has 0 atom stereocenters. The number of hydrogen-bond donors (Lipinski definition) is 2. The van der Waals surface area contributed by atoms with Crippen LogP contribution >= 0.6 is 22.9 Å². The number of rotatable bonds is 6. The number of amides is 2. The van der Waals surface area contributed by atoms with Gasteiger partial charge in [-0.2, -0.15) is 5.10 Å². The topological polar surface area (TPSA) is 96.3 Å². The van der Waals surface area contributed by atoms with Crippen LogP contribution in [0.1, 0.15) is 26.5 Å². The lowest BCUT2D eigenvalue weighted by Gasteiger charge is -2.01. The van der Waals surface area contributed by atoms with E-state index in [1.807, 2.05) is 19.1 Å². The average molecular weight is 414 g/mol. The van der Waals surface area contributed by atoms with Crippen LogP contribution in [0.15, 0.2) is 53.6 Å². The number of hydrazone groups is 1. The summed E-state index contributed by atoms with van der Waals surface area (Å²) >= 11 is 6.95. The molecule has 3 rings (SSSR count). The van der Waals surface area contributed by atoms with E-state index in [1.165, 1.54) is 6.21 Å². The summed E-state index contributed by atoms with van der Waals surface area (Å²) < 4.78 is 0. The third kappa shape index (κ3) is 5.70. The van der Waals surface area contributed by atoms with Crippen molar-refractivity contribution >= 4 is 46.1 Å². The van der Waals surface area contributed by atoms with Gasteiger partial charge in [-0.3, -0.25) is 14.9 Å². The van der Waals surface area contributed by atoms with Crippen molar-refractivity contribution in [2.45, 2.75) is 13.3 Å². The molecule has 7 nitrogen and oxygen atoms in total. The summed E-state index contributed by atoms with van der Waals surface area (Å²) in [5.41, 5.74) is 4.83. The number of aromatic nitrogens is 2. The Bertz CT molecular complexity index is 1000. The van der Waals surface area contributed by atoms with Crippen molar-refractivity contribution in [2.75, 3.05) is 5.32 Å². The Morgan fingerprint density at radius 2 is 1.82 bits per heavy atom. The van der Waals surface area contributed by atoms with E-state index in [1.54, 1.807) is 36.4 Å². The standard InChI is InChI=1S/C19H16ClN5O2S/c1-12-2-6-14(7-3-12)18(27)22-19-25-24-17(28-19)10-16(26)23-21-11-13-4-8-15(20)9-5-13/h2-9,11H,10H2,1H3,(H,23,26)(H,22,25,27)/b21-11+. The highest BCUT2D eigenvalue weighted by molar-refractivity contribution is 7.15. The molecular formula is C19H16ClN5O2S. The molecule has 142 valence electrons. The lowest BCUT2D eigenvalue weighted by Crippen LogP contribution is -2.19. The lowest BCUT2D eigenvalue weighted by molar-refractivity contribution is -0.120. The SMILES string of the molecule is Cc1ccc(C(=O)Nc2nnc(CC(=O)N/N=C/c3ccc(Cl)cc3)s2)cc1. The number of aryl methyl sites for hydroxylation is 1. The van der Waals surface area contributed by atoms with Crippen molar-refractivity contribution in [1.82, 2.24) is 15.6 Å². The normalized spacial score (nSPS) is 10.8. The first kappa shape index (κ1) is 19.7. The number of benzene rings is 2. The van der Waals surface area contributed by atoms with E-state index in [-0.39, 0.29) is 18.2 Å². The molecule has 1 aromatic heterocycles. The zero-order chi connectivity index (χ0) is 19.9. The van der Waals surface area contributed by atoms with E-state index < -0.39 is 0 Å². The molecule has 0 spiro atoms. The number of anilines is 1. The van der Waals surface area contributed by atoms with Gasteiger partial charge in [0.15, 0.2) is 0 Å². The van der Waals surface area contributed by atoms with Gasteiger partial charge in [0.1, 0.15) is 5.01 Å². The van der Waals surface area contributed by atoms with Crippen molar-refractivity contribution < 1.29 is 9.59 Å². The lowest BCUT2D eigenvalue weighted by atomic mass is 10.1. The molecule has 2 amide bonds. The fourth-order valence-electron chi connectivity index (χ4n) is 2.15. The van der Waals surface area contributed by atoms with E-state index >= 15 is 0 Å². The minimum atomic E-state index is -0.335. The zero-order valence-corrected chi connectivity index (χ0v) is 16.4. The van der Waals surface area contributed by atoms with Crippen molar-refractivity contribution in [2.24, 2.45) is 5.10 Å². The van der Waals surface area contributed by atoms with E-state index in [4.69, 9.17) is 11.6 Å². The van der Waals surface area contributed by atoms with Crippen molar-refractivity contribution in [3.8, 4) is 0 Å². The van der Waals surface area contributed by atoms with Crippen LogP contribution < -0.4 is 10.7 Å².